The van der Waals surface area contributed by atoms with Gasteiger partial charge in [-0.3, -0.25) is 4.79 Å². The number of rotatable bonds is 2. The maximum absolute atomic E-state index is 12.1. The van der Waals surface area contributed by atoms with Gasteiger partial charge < -0.3 is 5.32 Å². The van der Waals surface area contributed by atoms with Crippen LogP contribution in [0.2, 0.25) is 0 Å². The molecule has 1 aliphatic carbocycles. The van der Waals surface area contributed by atoms with Crippen LogP contribution in [-0.4, -0.2) is 15.8 Å². The topological polar surface area (TPSA) is 54.9 Å². The number of Topliss-reactive ketones (excluding diaryl/α,β-unsaturated/α-hetero) is 1. The third kappa shape index (κ3) is 2.54. The lowest BCUT2D eigenvalue weighted by molar-refractivity contribution is 0.0910. The lowest BCUT2D eigenvalue weighted by Crippen LogP contribution is -2.28. The van der Waals surface area contributed by atoms with Crippen molar-refractivity contribution in [1.82, 2.24) is 9.97 Å². The Hall–Kier alpha value is -2.23. The van der Waals surface area contributed by atoms with E-state index in [4.69, 9.17) is 0 Å². The molecule has 4 nitrogen and oxygen atoms in total. The molecule has 1 heterocycles. The number of carbonyl (C=O) groups excluding carboxylic acids is 1. The number of fused-ring (bicyclic) bond motifs is 1. The Balaban J connectivity index is 1.91. The molecule has 0 unspecified atom stereocenters. The van der Waals surface area contributed by atoms with Crippen molar-refractivity contribution in [3.05, 3.63) is 47.8 Å². The van der Waals surface area contributed by atoms with Crippen LogP contribution in [0.1, 0.15) is 36.3 Å². The van der Waals surface area contributed by atoms with Crippen molar-refractivity contribution < 1.29 is 4.79 Å². The average Bonchev–Trinajstić information content (AvgIpc) is 2.38. The summed E-state index contributed by atoms with van der Waals surface area (Å²) in [4.78, 5) is 20.8. The van der Waals surface area contributed by atoms with E-state index in [1.54, 1.807) is 6.20 Å². The number of para-hydroxylation sites is 1. The van der Waals surface area contributed by atoms with E-state index < -0.39 is 0 Å². The van der Waals surface area contributed by atoms with Crippen molar-refractivity contribution in [3.8, 4) is 0 Å². The molecule has 0 saturated heterocycles. The summed E-state index contributed by atoms with van der Waals surface area (Å²) < 4.78 is 0. The first-order valence-electron chi connectivity index (χ1n) is 6.75. The maximum atomic E-state index is 12.1. The van der Waals surface area contributed by atoms with Crippen molar-refractivity contribution in [1.29, 1.82) is 0 Å². The molecule has 1 aromatic heterocycles. The molecule has 4 heteroatoms. The van der Waals surface area contributed by atoms with E-state index in [0.29, 0.717) is 17.9 Å². The fourth-order valence-corrected chi connectivity index (χ4v) is 2.54. The third-order valence-electron chi connectivity index (χ3n) is 3.48. The summed E-state index contributed by atoms with van der Waals surface area (Å²) in [5.41, 5.74) is 2.43. The predicted octanol–water partition coefficient (Wildman–Crippen LogP) is 3.38. The van der Waals surface area contributed by atoms with Crippen molar-refractivity contribution in [2.24, 2.45) is 5.41 Å². The van der Waals surface area contributed by atoms with Crippen LogP contribution >= 0.6 is 0 Å². The molecule has 0 atom stereocenters. The number of nitrogens with zero attached hydrogens (tertiary/aromatic N) is 2. The van der Waals surface area contributed by atoms with Crippen molar-refractivity contribution in [2.75, 3.05) is 5.32 Å². The monoisotopic (exact) mass is 267 g/mol. The van der Waals surface area contributed by atoms with E-state index in [9.17, 15) is 4.79 Å². The highest BCUT2D eigenvalue weighted by molar-refractivity contribution is 5.98. The minimum absolute atomic E-state index is 0.0253. The summed E-state index contributed by atoms with van der Waals surface area (Å²) >= 11 is 0. The zero-order chi connectivity index (χ0) is 14.2. The van der Waals surface area contributed by atoms with Crippen LogP contribution in [0.4, 0.5) is 11.6 Å². The Morgan fingerprint density at radius 2 is 1.90 bits per heavy atom. The molecule has 1 N–H and O–H groups in total. The van der Waals surface area contributed by atoms with E-state index in [2.05, 4.69) is 29.1 Å². The first kappa shape index (κ1) is 12.8. The number of hydrogen-bond donors (Lipinski definition) is 1. The van der Waals surface area contributed by atoms with Gasteiger partial charge in [0.1, 0.15) is 0 Å². The number of nitrogens with one attached hydrogen (secondary N) is 1. The van der Waals surface area contributed by atoms with Crippen LogP contribution in [0.3, 0.4) is 0 Å². The summed E-state index contributed by atoms with van der Waals surface area (Å²) in [5.74, 6) is 0.683. The molecule has 1 aromatic carbocycles. The molecule has 0 amide bonds. The van der Waals surface area contributed by atoms with E-state index in [-0.39, 0.29) is 11.2 Å². The fraction of sp³-hybridized carbons (Fsp3) is 0.312. The lowest BCUT2D eigenvalue weighted by atomic mass is 9.76. The third-order valence-corrected chi connectivity index (χ3v) is 3.48. The second-order valence-electron chi connectivity index (χ2n) is 5.99. The molecule has 1 aliphatic rings. The van der Waals surface area contributed by atoms with Crippen LogP contribution in [0.15, 0.2) is 36.5 Å². The summed E-state index contributed by atoms with van der Waals surface area (Å²) in [6.07, 6.45) is 3.01. The van der Waals surface area contributed by atoms with E-state index in [1.807, 2.05) is 30.3 Å². The quantitative estimate of drug-likeness (QED) is 0.906. The Morgan fingerprint density at radius 3 is 2.65 bits per heavy atom. The molecule has 3 rings (SSSR count). The van der Waals surface area contributed by atoms with Crippen molar-refractivity contribution >= 4 is 17.4 Å². The van der Waals surface area contributed by atoms with Crippen molar-refractivity contribution in [2.45, 2.75) is 26.7 Å². The Bertz CT molecular complexity index is 650. The molecule has 0 aliphatic heterocycles. The standard InChI is InChI=1S/C16H17N3O/c1-16(2)8-13-12(14(20)9-16)10-17-15(19-13)18-11-6-4-3-5-7-11/h3-7,10H,8-9H2,1-2H3,(H,17,18,19). The van der Waals surface area contributed by atoms with Crippen LogP contribution < -0.4 is 5.32 Å². The van der Waals surface area contributed by atoms with Gasteiger partial charge >= 0.3 is 0 Å². The number of ketones is 1. The van der Waals surface area contributed by atoms with Crippen LogP contribution in [0, 0.1) is 5.41 Å². The lowest BCUT2D eigenvalue weighted by Gasteiger charge is -2.29. The summed E-state index contributed by atoms with van der Waals surface area (Å²) in [6, 6.07) is 9.77. The molecular formula is C16H17N3O. The normalized spacial score (nSPS) is 16.6. The summed E-state index contributed by atoms with van der Waals surface area (Å²) in [7, 11) is 0. The average molecular weight is 267 g/mol. The van der Waals surface area contributed by atoms with Gasteiger partial charge in [-0.25, -0.2) is 9.97 Å². The van der Waals surface area contributed by atoms with Gasteiger partial charge in [-0.05, 0) is 24.0 Å². The smallest absolute Gasteiger partial charge is 0.227 e. The molecule has 20 heavy (non-hydrogen) atoms. The van der Waals surface area contributed by atoms with Crippen LogP contribution in [-0.2, 0) is 6.42 Å². The number of hydrogen-bond acceptors (Lipinski definition) is 4. The number of anilines is 2. The zero-order valence-corrected chi connectivity index (χ0v) is 11.7. The van der Waals surface area contributed by atoms with Crippen molar-refractivity contribution in [3.63, 3.8) is 0 Å². The first-order chi connectivity index (χ1) is 9.53. The molecule has 102 valence electrons. The van der Waals surface area contributed by atoms with Crippen LogP contribution in [0.25, 0.3) is 0 Å². The van der Waals surface area contributed by atoms with Gasteiger partial charge in [-0.15, -0.1) is 0 Å². The SMILES string of the molecule is CC1(C)CC(=O)c2cnc(Nc3ccccc3)nc2C1. The highest BCUT2D eigenvalue weighted by Gasteiger charge is 2.32. The predicted molar refractivity (Wildman–Crippen MR) is 78.2 cm³/mol. The minimum atomic E-state index is -0.0253. The molecule has 0 saturated carbocycles. The molecule has 2 aromatic rings. The number of aromatic nitrogens is 2. The molecular weight excluding hydrogens is 250 g/mol. The van der Waals surface area contributed by atoms with Gasteiger partial charge in [-0.1, -0.05) is 32.0 Å². The van der Waals surface area contributed by atoms with Gasteiger partial charge in [0.2, 0.25) is 5.95 Å². The summed E-state index contributed by atoms with van der Waals surface area (Å²) in [5, 5.41) is 3.16. The highest BCUT2D eigenvalue weighted by Crippen LogP contribution is 2.33. The van der Waals surface area contributed by atoms with Gasteiger partial charge in [0, 0.05) is 18.3 Å². The second-order valence-corrected chi connectivity index (χ2v) is 5.99. The molecule has 0 spiro atoms. The fourth-order valence-electron chi connectivity index (χ4n) is 2.54. The van der Waals surface area contributed by atoms with E-state index in [1.165, 1.54) is 0 Å². The van der Waals surface area contributed by atoms with E-state index in [0.717, 1.165) is 17.8 Å². The number of carbonyl (C=O) groups is 1. The minimum Gasteiger partial charge on any atom is -0.324 e. The Morgan fingerprint density at radius 1 is 1.15 bits per heavy atom. The first-order valence-corrected chi connectivity index (χ1v) is 6.75. The summed E-state index contributed by atoms with van der Waals surface area (Å²) in [6.45, 7) is 4.19. The molecule has 0 radical (unpaired) electrons. The van der Waals surface area contributed by atoms with Gasteiger partial charge in [0.15, 0.2) is 5.78 Å². The van der Waals surface area contributed by atoms with Gasteiger partial charge in [0.25, 0.3) is 0 Å². The largest absolute Gasteiger partial charge is 0.324 e. The Labute approximate surface area is 118 Å². The van der Waals surface area contributed by atoms with Gasteiger partial charge in [0.05, 0.1) is 11.3 Å². The second kappa shape index (κ2) is 4.71. The van der Waals surface area contributed by atoms with E-state index >= 15 is 0 Å². The highest BCUT2D eigenvalue weighted by atomic mass is 16.1. The van der Waals surface area contributed by atoms with Crippen LogP contribution in [0.5, 0.6) is 0 Å². The maximum Gasteiger partial charge on any atom is 0.227 e. The number of benzene rings is 1. The Kier molecular flexibility index (Phi) is 3.01. The molecule has 0 bridgehead atoms. The van der Waals surface area contributed by atoms with Gasteiger partial charge in [-0.2, -0.15) is 0 Å². The molecule has 0 fully saturated rings. The zero-order valence-electron chi connectivity index (χ0n) is 11.7.